The smallest absolute Gasteiger partial charge is 0.409 e. The fraction of sp³-hybridized carbons (Fsp3) is 0.500. The molecule has 1 aromatic rings. The minimum atomic E-state index is -0.228. The SMILES string of the molecule is CCOC(=O)N1CCN(Cc2cc(N)ccc2Cl)CC1. The summed E-state index contributed by atoms with van der Waals surface area (Å²) in [5.74, 6) is 0. The molecule has 0 aromatic heterocycles. The van der Waals surface area contributed by atoms with Crippen molar-refractivity contribution in [3.05, 3.63) is 28.8 Å². The second-order valence-corrected chi connectivity index (χ2v) is 5.22. The first kappa shape index (κ1) is 14.9. The Labute approximate surface area is 124 Å². The first-order valence-electron chi connectivity index (χ1n) is 6.78. The number of nitrogen functional groups attached to an aromatic ring is 1. The summed E-state index contributed by atoms with van der Waals surface area (Å²) < 4.78 is 5.00. The summed E-state index contributed by atoms with van der Waals surface area (Å²) in [5, 5.41) is 0.729. The van der Waals surface area contributed by atoms with Crippen LogP contribution in [0.1, 0.15) is 12.5 Å². The minimum Gasteiger partial charge on any atom is -0.450 e. The molecule has 1 aliphatic rings. The highest BCUT2D eigenvalue weighted by atomic mass is 35.5. The van der Waals surface area contributed by atoms with Gasteiger partial charge in [-0.25, -0.2) is 4.79 Å². The Hall–Kier alpha value is -1.46. The van der Waals surface area contributed by atoms with E-state index in [4.69, 9.17) is 22.1 Å². The highest BCUT2D eigenvalue weighted by Crippen LogP contribution is 2.21. The predicted octanol–water partition coefficient (Wildman–Crippen LogP) is 2.20. The number of nitrogens with two attached hydrogens (primary N) is 1. The molecule has 0 saturated carbocycles. The van der Waals surface area contributed by atoms with Crippen LogP contribution in [0, 0.1) is 0 Å². The van der Waals surface area contributed by atoms with Crippen LogP contribution in [-0.2, 0) is 11.3 Å². The molecule has 1 saturated heterocycles. The normalized spacial score (nSPS) is 16.2. The van der Waals surface area contributed by atoms with E-state index in [9.17, 15) is 4.79 Å². The van der Waals surface area contributed by atoms with Gasteiger partial charge in [-0.1, -0.05) is 11.6 Å². The Morgan fingerprint density at radius 3 is 2.70 bits per heavy atom. The molecule has 0 aliphatic carbocycles. The van der Waals surface area contributed by atoms with Crippen molar-refractivity contribution in [2.45, 2.75) is 13.5 Å². The number of ether oxygens (including phenoxy) is 1. The van der Waals surface area contributed by atoms with Gasteiger partial charge < -0.3 is 15.4 Å². The van der Waals surface area contributed by atoms with Gasteiger partial charge >= 0.3 is 6.09 Å². The van der Waals surface area contributed by atoms with Crippen molar-refractivity contribution < 1.29 is 9.53 Å². The standard InChI is InChI=1S/C14H20ClN3O2/c1-2-20-14(19)18-7-5-17(6-8-18)10-11-9-12(16)3-4-13(11)15/h3-4,9H,2,5-8,10,16H2,1H3. The second-order valence-electron chi connectivity index (χ2n) is 4.81. The molecule has 0 unspecified atom stereocenters. The van der Waals surface area contributed by atoms with Gasteiger partial charge in [-0.15, -0.1) is 0 Å². The van der Waals surface area contributed by atoms with Gasteiger partial charge in [0.2, 0.25) is 0 Å². The van der Waals surface area contributed by atoms with E-state index in [-0.39, 0.29) is 6.09 Å². The summed E-state index contributed by atoms with van der Waals surface area (Å²) in [6.45, 7) is 5.96. The Morgan fingerprint density at radius 2 is 2.05 bits per heavy atom. The Morgan fingerprint density at radius 1 is 1.35 bits per heavy atom. The number of amides is 1. The summed E-state index contributed by atoms with van der Waals surface area (Å²) in [6, 6.07) is 5.52. The quantitative estimate of drug-likeness (QED) is 0.869. The molecule has 20 heavy (non-hydrogen) atoms. The number of hydrogen-bond donors (Lipinski definition) is 1. The maximum absolute atomic E-state index is 11.6. The van der Waals surface area contributed by atoms with Crippen molar-refractivity contribution in [2.24, 2.45) is 0 Å². The van der Waals surface area contributed by atoms with Crippen LogP contribution in [0.3, 0.4) is 0 Å². The summed E-state index contributed by atoms with van der Waals surface area (Å²) in [7, 11) is 0. The van der Waals surface area contributed by atoms with Gasteiger partial charge in [0, 0.05) is 43.4 Å². The number of hydrogen-bond acceptors (Lipinski definition) is 4. The monoisotopic (exact) mass is 297 g/mol. The molecule has 0 atom stereocenters. The van der Waals surface area contributed by atoms with Crippen molar-refractivity contribution in [1.82, 2.24) is 9.80 Å². The number of halogens is 1. The topological polar surface area (TPSA) is 58.8 Å². The average molecular weight is 298 g/mol. The highest BCUT2D eigenvalue weighted by molar-refractivity contribution is 6.31. The summed E-state index contributed by atoms with van der Waals surface area (Å²) >= 11 is 6.17. The van der Waals surface area contributed by atoms with Crippen LogP contribution in [0.15, 0.2) is 18.2 Å². The van der Waals surface area contributed by atoms with Crippen LogP contribution in [0.5, 0.6) is 0 Å². The van der Waals surface area contributed by atoms with Gasteiger partial charge in [0.1, 0.15) is 0 Å². The molecule has 6 heteroatoms. The summed E-state index contributed by atoms with van der Waals surface area (Å²) in [5.41, 5.74) is 7.52. The number of anilines is 1. The third-order valence-electron chi connectivity index (χ3n) is 3.36. The molecule has 0 bridgehead atoms. The molecule has 2 N–H and O–H groups in total. The van der Waals surface area contributed by atoms with E-state index in [0.717, 1.165) is 35.9 Å². The van der Waals surface area contributed by atoms with Crippen LogP contribution in [0.2, 0.25) is 5.02 Å². The van der Waals surface area contributed by atoms with Crippen LogP contribution in [0.25, 0.3) is 0 Å². The van der Waals surface area contributed by atoms with E-state index >= 15 is 0 Å². The van der Waals surface area contributed by atoms with E-state index in [1.165, 1.54) is 0 Å². The Bertz CT molecular complexity index is 473. The van der Waals surface area contributed by atoms with Gasteiger partial charge in [-0.05, 0) is 30.7 Å². The number of rotatable bonds is 3. The first-order chi connectivity index (χ1) is 9.60. The number of benzene rings is 1. The van der Waals surface area contributed by atoms with Crippen molar-refractivity contribution in [1.29, 1.82) is 0 Å². The maximum Gasteiger partial charge on any atom is 0.409 e. The van der Waals surface area contributed by atoms with Crippen LogP contribution in [-0.4, -0.2) is 48.7 Å². The highest BCUT2D eigenvalue weighted by Gasteiger charge is 2.22. The molecule has 1 heterocycles. The molecule has 2 rings (SSSR count). The van der Waals surface area contributed by atoms with Crippen molar-refractivity contribution >= 4 is 23.4 Å². The number of piperazine rings is 1. The molecule has 1 amide bonds. The molecular formula is C14H20ClN3O2. The number of nitrogens with zero attached hydrogens (tertiary/aromatic N) is 2. The maximum atomic E-state index is 11.6. The zero-order chi connectivity index (χ0) is 14.5. The number of carbonyl (C=O) groups is 1. The summed E-state index contributed by atoms with van der Waals surface area (Å²) in [4.78, 5) is 15.6. The van der Waals surface area contributed by atoms with Gasteiger partial charge in [0.25, 0.3) is 0 Å². The second kappa shape index (κ2) is 6.81. The first-order valence-corrected chi connectivity index (χ1v) is 7.16. The molecule has 1 aliphatic heterocycles. The third kappa shape index (κ3) is 3.77. The van der Waals surface area contributed by atoms with Crippen LogP contribution in [0.4, 0.5) is 10.5 Å². The average Bonchev–Trinajstić information content (AvgIpc) is 2.44. The van der Waals surface area contributed by atoms with Gasteiger partial charge in [-0.2, -0.15) is 0 Å². The fourth-order valence-electron chi connectivity index (χ4n) is 2.26. The fourth-order valence-corrected chi connectivity index (χ4v) is 2.44. The van der Waals surface area contributed by atoms with E-state index in [0.29, 0.717) is 19.7 Å². The van der Waals surface area contributed by atoms with Gasteiger partial charge in [0.15, 0.2) is 0 Å². The minimum absolute atomic E-state index is 0.228. The lowest BCUT2D eigenvalue weighted by molar-refractivity contribution is 0.0778. The van der Waals surface area contributed by atoms with Crippen molar-refractivity contribution in [3.8, 4) is 0 Å². The Kier molecular flexibility index (Phi) is 5.09. The van der Waals surface area contributed by atoms with Crippen LogP contribution < -0.4 is 5.73 Å². The van der Waals surface area contributed by atoms with E-state index < -0.39 is 0 Å². The zero-order valence-corrected chi connectivity index (χ0v) is 12.4. The van der Waals surface area contributed by atoms with E-state index in [1.54, 1.807) is 11.0 Å². The lowest BCUT2D eigenvalue weighted by atomic mass is 10.1. The number of carbonyl (C=O) groups excluding carboxylic acids is 1. The predicted molar refractivity (Wildman–Crippen MR) is 79.7 cm³/mol. The van der Waals surface area contributed by atoms with Gasteiger partial charge in [0.05, 0.1) is 6.61 Å². The molecule has 5 nitrogen and oxygen atoms in total. The molecule has 1 aromatic carbocycles. The largest absolute Gasteiger partial charge is 0.450 e. The molecule has 110 valence electrons. The lowest BCUT2D eigenvalue weighted by Gasteiger charge is -2.34. The van der Waals surface area contributed by atoms with Crippen LogP contribution >= 0.6 is 11.6 Å². The van der Waals surface area contributed by atoms with E-state index in [2.05, 4.69) is 4.90 Å². The van der Waals surface area contributed by atoms with Gasteiger partial charge in [-0.3, -0.25) is 4.90 Å². The van der Waals surface area contributed by atoms with Crippen molar-refractivity contribution in [2.75, 3.05) is 38.5 Å². The molecule has 0 spiro atoms. The Balaban J connectivity index is 1.88. The van der Waals surface area contributed by atoms with Crippen molar-refractivity contribution in [3.63, 3.8) is 0 Å². The third-order valence-corrected chi connectivity index (χ3v) is 3.73. The molecular weight excluding hydrogens is 278 g/mol. The molecule has 0 radical (unpaired) electrons. The zero-order valence-electron chi connectivity index (χ0n) is 11.6. The molecule has 1 fully saturated rings. The summed E-state index contributed by atoms with van der Waals surface area (Å²) in [6.07, 6.45) is -0.228. The lowest BCUT2D eigenvalue weighted by Crippen LogP contribution is -2.48. The van der Waals surface area contributed by atoms with E-state index in [1.807, 2.05) is 19.1 Å².